The first-order valence-corrected chi connectivity index (χ1v) is 6.65. The number of nitrogen functional groups attached to an aromatic ring is 1. The third-order valence-corrected chi connectivity index (χ3v) is 3.91. The first-order valence-electron chi connectivity index (χ1n) is 6.65. The van der Waals surface area contributed by atoms with Crippen LogP contribution in [-0.4, -0.2) is 21.9 Å². The van der Waals surface area contributed by atoms with Crippen LogP contribution in [-0.2, 0) is 6.42 Å². The number of Topliss-reactive ketones (excluding diaryl/α,β-unsaturated/α-hetero) is 1. The van der Waals surface area contributed by atoms with E-state index in [4.69, 9.17) is 5.73 Å². The number of hydrogen-bond acceptors (Lipinski definition) is 5. The number of aromatic nitrogens is 1. The summed E-state index contributed by atoms with van der Waals surface area (Å²) in [5.74, 6) is -2.53. The van der Waals surface area contributed by atoms with E-state index >= 15 is 0 Å². The number of nitrogens with zero attached hydrogens (tertiary/aromatic N) is 2. The van der Waals surface area contributed by atoms with E-state index in [0.29, 0.717) is 0 Å². The zero-order valence-corrected chi connectivity index (χ0v) is 11.6. The summed E-state index contributed by atoms with van der Waals surface area (Å²) >= 11 is 0. The molecule has 3 rings (SSSR count). The molecule has 1 atom stereocenters. The number of benzene rings is 1. The lowest BCUT2D eigenvalue weighted by Gasteiger charge is -2.26. The Kier molecular flexibility index (Phi) is 3.24. The summed E-state index contributed by atoms with van der Waals surface area (Å²) in [6.07, 6.45) is -5.61. The second-order valence-electron chi connectivity index (χ2n) is 5.38. The quantitative estimate of drug-likeness (QED) is 0.642. The molecule has 0 fully saturated rings. The molecule has 1 aromatic carbocycles. The first kappa shape index (κ1) is 15.2. The zero-order chi connectivity index (χ0) is 16.9. The predicted octanol–water partition coefficient (Wildman–Crippen LogP) is 3.03. The molecule has 2 N–H and O–H groups in total. The molecule has 1 aliphatic rings. The highest BCUT2D eigenvalue weighted by molar-refractivity contribution is 6.09. The third-order valence-electron chi connectivity index (χ3n) is 3.91. The van der Waals surface area contributed by atoms with Crippen LogP contribution < -0.4 is 5.73 Å². The van der Waals surface area contributed by atoms with Crippen LogP contribution in [0.2, 0.25) is 0 Å². The number of carbonyl (C=O) groups is 1. The summed E-state index contributed by atoms with van der Waals surface area (Å²) in [7, 11) is 0. The standard InChI is InChI=1S/C14H10F3N3O3/c15-14(16,17)6-3-10-12(11(21)4-6)13(18)8-5-7(20(22)23)1-2-9(8)19-10/h1-2,5-6H,3-4H2,(H2,18,19). The van der Waals surface area contributed by atoms with Gasteiger partial charge in [-0.25, -0.2) is 0 Å². The number of alkyl halides is 3. The van der Waals surface area contributed by atoms with Crippen LogP contribution in [0.3, 0.4) is 0 Å². The van der Waals surface area contributed by atoms with Gasteiger partial charge in [0.15, 0.2) is 5.78 Å². The zero-order valence-electron chi connectivity index (χ0n) is 11.6. The smallest absolute Gasteiger partial charge is 0.392 e. The van der Waals surface area contributed by atoms with E-state index in [1.807, 2.05) is 0 Å². The molecule has 1 heterocycles. The number of halogens is 3. The maximum atomic E-state index is 12.9. The summed E-state index contributed by atoms with van der Waals surface area (Å²) in [5.41, 5.74) is 5.75. The van der Waals surface area contributed by atoms with Crippen LogP contribution >= 0.6 is 0 Å². The Morgan fingerprint density at radius 2 is 2.00 bits per heavy atom. The number of nitro groups is 1. The number of pyridine rings is 1. The van der Waals surface area contributed by atoms with Crippen LogP contribution in [0, 0.1) is 16.0 Å². The molecule has 0 aliphatic heterocycles. The molecule has 23 heavy (non-hydrogen) atoms. The lowest BCUT2D eigenvalue weighted by atomic mass is 9.84. The lowest BCUT2D eigenvalue weighted by molar-refractivity contribution is -0.384. The van der Waals surface area contributed by atoms with E-state index in [9.17, 15) is 28.1 Å². The number of hydrogen-bond donors (Lipinski definition) is 1. The van der Waals surface area contributed by atoms with E-state index in [1.54, 1.807) is 0 Å². The molecule has 1 aromatic heterocycles. The number of carbonyl (C=O) groups excluding carboxylic acids is 1. The molecule has 6 nitrogen and oxygen atoms in total. The van der Waals surface area contributed by atoms with Crippen LogP contribution in [0.5, 0.6) is 0 Å². The minimum absolute atomic E-state index is 0.0116. The lowest BCUT2D eigenvalue weighted by Crippen LogP contribution is -2.33. The molecule has 0 saturated heterocycles. The van der Waals surface area contributed by atoms with Gasteiger partial charge in [0.25, 0.3) is 5.69 Å². The van der Waals surface area contributed by atoms with Gasteiger partial charge in [0, 0.05) is 30.4 Å². The highest BCUT2D eigenvalue weighted by Crippen LogP contribution is 2.40. The molecule has 0 bridgehead atoms. The second kappa shape index (κ2) is 4.90. The van der Waals surface area contributed by atoms with Crippen LogP contribution in [0.25, 0.3) is 10.9 Å². The fraction of sp³-hybridized carbons (Fsp3) is 0.286. The highest BCUT2D eigenvalue weighted by atomic mass is 19.4. The molecule has 0 spiro atoms. The molecular formula is C14H10F3N3O3. The SMILES string of the molecule is Nc1c2c(nc3ccc([N+](=O)[O-])cc13)CC(C(F)(F)F)CC2=O. The minimum atomic E-state index is -4.49. The molecular weight excluding hydrogens is 315 g/mol. The molecule has 1 aliphatic carbocycles. The summed E-state index contributed by atoms with van der Waals surface area (Å²) in [6, 6.07) is 3.67. The van der Waals surface area contributed by atoms with Gasteiger partial charge >= 0.3 is 6.18 Å². The van der Waals surface area contributed by atoms with Gasteiger partial charge in [-0.1, -0.05) is 0 Å². The largest absolute Gasteiger partial charge is 0.398 e. The number of fused-ring (bicyclic) bond motifs is 2. The summed E-state index contributed by atoms with van der Waals surface area (Å²) in [6.45, 7) is 0. The Labute approximate surface area is 127 Å². The van der Waals surface area contributed by atoms with Crippen molar-refractivity contribution in [3.8, 4) is 0 Å². The fourth-order valence-corrected chi connectivity index (χ4v) is 2.76. The minimum Gasteiger partial charge on any atom is -0.398 e. The number of rotatable bonds is 1. The number of non-ortho nitro benzene ring substituents is 1. The van der Waals surface area contributed by atoms with Crippen molar-refractivity contribution in [1.29, 1.82) is 0 Å². The van der Waals surface area contributed by atoms with Gasteiger partial charge in [0.05, 0.1) is 33.3 Å². The van der Waals surface area contributed by atoms with E-state index in [-0.39, 0.29) is 33.5 Å². The van der Waals surface area contributed by atoms with Gasteiger partial charge in [-0.3, -0.25) is 19.9 Å². The predicted molar refractivity (Wildman–Crippen MR) is 75.0 cm³/mol. The topological polar surface area (TPSA) is 99.1 Å². The second-order valence-corrected chi connectivity index (χ2v) is 5.38. The maximum absolute atomic E-state index is 12.9. The Morgan fingerprint density at radius 3 is 2.61 bits per heavy atom. The van der Waals surface area contributed by atoms with E-state index in [1.165, 1.54) is 18.2 Å². The molecule has 1 unspecified atom stereocenters. The number of ketones is 1. The van der Waals surface area contributed by atoms with Crippen LogP contribution in [0.15, 0.2) is 18.2 Å². The van der Waals surface area contributed by atoms with Crippen molar-refractivity contribution in [2.24, 2.45) is 5.92 Å². The van der Waals surface area contributed by atoms with Gasteiger partial charge in [-0.15, -0.1) is 0 Å². The van der Waals surface area contributed by atoms with E-state index in [0.717, 1.165) is 0 Å². The van der Waals surface area contributed by atoms with Crippen molar-refractivity contribution in [2.75, 3.05) is 5.73 Å². The number of anilines is 1. The van der Waals surface area contributed by atoms with Crippen LogP contribution in [0.4, 0.5) is 24.5 Å². The van der Waals surface area contributed by atoms with Crippen molar-refractivity contribution >= 4 is 28.1 Å². The van der Waals surface area contributed by atoms with Crippen molar-refractivity contribution in [1.82, 2.24) is 4.98 Å². The Hall–Kier alpha value is -2.71. The highest BCUT2D eigenvalue weighted by Gasteiger charge is 2.45. The van der Waals surface area contributed by atoms with Crippen molar-refractivity contribution in [3.05, 3.63) is 39.6 Å². The Bertz CT molecular complexity index is 849. The number of nitrogens with two attached hydrogens (primary N) is 1. The molecule has 0 saturated carbocycles. The molecule has 0 amide bonds. The monoisotopic (exact) mass is 325 g/mol. The normalized spacial score (nSPS) is 18.0. The molecule has 2 aromatic rings. The average Bonchev–Trinajstić information content (AvgIpc) is 2.45. The Morgan fingerprint density at radius 1 is 1.30 bits per heavy atom. The summed E-state index contributed by atoms with van der Waals surface area (Å²) < 4.78 is 38.6. The van der Waals surface area contributed by atoms with E-state index in [2.05, 4.69) is 4.98 Å². The number of nitro benzene ring substituents is 1. The first-order chi connectivity index (χ1) is 10.7. The van der Waals surface area contributed by atoms with Crippen molar-refractivity contribution in [2.45, 2.75) is 19.0 Å². The van der Waals surface area contributed by atoms with Gasteiger partial charge in [0.1, 0.15) is 0 Å². The van der Waals surface area contributed by atoms with Gasteiger partial charge in [-0.2, -0.15) is 13.2 Å². The molecule has 9 heteroatoms. The van der Waals surface area contributed by atoms with Crippen molar-refractivity contribution in [3.63, 3.8) is 0 Å². The van der Waals surface area contributed by atoms with Gasteiger partial charge in [-0.05, 0) is 6.07 Å². The van der Waals surface area contributed by atoms with Crippen molar-refractivity contribution < 1.29 is 22.9 Å². The summed E-state index contributed by atoms with van der Waals surface area (Å²) in [4.78, 5) is 26.3. The summed E-state index contributed by atoms with van der Waals surface area (Å²) in [5, 5.41) is 11.0. The van der Waals surface area contributed by atoms with Crippen LogP contribution in [0.1, 0.15) is 22.5 Å². The van der Waals surface area contributed by atoms with Gasteiger partial charge in [0.2, 0.25) is 0 Å². The van der Waals surface area contributed by atoms with Gasteiger partial charge < -0.3 is 5.73 Å². The molecule has 120 valence electrons. The van der Waals surface area contributed by atoms with E-state index < -0.39 is 35.6 Å². The Balaban J connectivity index is 2.20. The third kappa shape index (κ3) is 2.47. The molecule has 0 radical (unpaired) electrons. The fourth-order valence-electron chi connectivity index (χ4n) is 2.76. The average molecular weight is 325 g/mol. The maximum Gasteiger partial charge on any atom is 0.392 e.